The second kappa shape index (κ2) is 20.6. The van der Waals surface area contributed by atoms with E-state index in [1.807, 2.05) is 45.9 Å². The molecule has 0 unspecified atom stereocenters. The molecule has 0 aromatic carbocycles. The maximum Gasteiger partial charge on any atom is 0.316 e. The number of ether oxygens (including phenoxy) is 10. The van der Waals surface area contributed by atoms with Crippen molar-refractivity contribution in [1.82, 2.24) is 5.32 Å². The molecule has 0 aromatic rings. The fourth-order valence-electron chi connectivity index (χ4n) is 10.9. The van der Waals surface area contributed by atoms with Crippen molar-refractivity contribution in [1.29, 1.82) is 0 Å². The lowest BCUT2D eigenvalue weighted by Crippen LogP contribution is -2.58. The molecule has 6 aliphatic heterocycles. The average Bonchev–Trinajstić information content (AvgIpc) is 3.61. The van der Waals surface area contributed by atoms with Crippen LogP contribution in [-0.4, -0.2) is 135 Å². The van der Waals surface area contributed by atoms with Gasteiger partial charge < -0.3 is 57.8 Å². The fraction of sp³-hybridized carbons (Fsp3) is 0.740. The molecule has 4 fully saturated rings. The Morgan fingerprint density at radius 2 is 1.65 bits per heavy atom. The molecule has 0 aromatic heterocycles. The number of rotatable bonds is 9. The molecular weight excluding hydrogens is 839 g/mol. The molecule has 7 aliphatic rings. The Hall–Kier alpha value is -3.09. The maximum absolute atomic E-state index is 14.3. The third-order valence-electron chi connectivity index (χ3n) is 14.7. The van der Waals surface area contributed by atoms with Crippen molar-refractivity contribution in [3.8, 4) is 0 Å². The molecule has 1 spiro atoms. The van der Waals surface area contributed by atoms with E-state index in [0.29, 0.717) is 36.8 Å². The molecular formula is C50H73NO14. The number of ketones is 1. The van der Waals surface area contributed by atoms with Gasteiger partial charge in [-0.3, -0.25) is 14.4 Å². The van der Waals surface area contributed by atoms with E-state index in [4.69, 9.17) is 47.4 Å². The van der Waals surface area contributed by atoms with Gasteiger partial charge in [-0.1, -0.05) is 70.6 Å². The predicted octanol–water partition coefficient (Wildman–Crippen LogP) is 5.73. The number of esters is 1. The van der Waals surface area contributed by atoms with Crippen LogP contribution >= 0.6 is 0 Å². The van der Waals surface area contributed by atoms with Crippen molar-refractivity contribution in [3.63, 3.8) is 0 Å². The van der Waals surface area contributed by atoms with E-state index in [1.165, 1.54) is 13.0 Å². The minimum absolute atomic E-state index is 0.0338. The Kier molecular flexibility index (Phi) is 15.8. The highest BCUT2D eigenvalue weighted by Gasteiger charge is 2.60. The first kappa shape index (κ1) is 49.8. The van der Waals surface area contributed by atoms with E-state index in [0.717, 1.165) is 12.0 Å². The zero-order valence-electron chi connectivity index (χ0n) is 40.1. The third kappa shape index (κ3) is 10.5. The van der Waals surface area contributed by atoms with Crippen LogP contribution < -0.4 is 5.32 Å². The van der Waals surface area contributed by atoms with E-state index in [1.54, 1.807) is 27.2 Å². The minimum atomic E-state index is -1.94. The lowest BCUT2D eigenvalue weighted by molar-refractivity contribution is -0.311. The van der Waals surface area contributed by atoms with Crippen LogP contribution in [0.3, 0.4) is 0 Å². The molecule has 6 heterocycles. The van der Waals surface area contributed by atoms with Gasteiger partial charge in [-0.2, -0.15) is 0 Å². The summed E-state index contributed by atoms with van der Waals surface area (Å²) in [5.41, 5.74) is -0.250. The lowest BCUT2D eigenvalue weighted by Gasteiger charge is -2.48. The highest BCUT2D eigenvalue weighted by Crippen LogP contribution is 2.46. The van der Waals surface area contributed by atoms with Gasteiger partial charge >= 0.3 is 5.97 Å². The molecule has 2 bridgehead atoms. The van der Waals surface area contributed by atoms with Crippen molar-refractivity contribution in [3.05, 3.63) is 59.3 Å². The van der Waals surface area contributed by atoms with Crippen LogP contribution in [0.25, 0.3) is 0 Å². The fourth-order valence-corrected chi connectivity index (χ4v) is 10.9. The van der Waals surface area contributed by atoms with Gasteiger partial charge in [-0.25, -0.2) is 0 Å². The van der Waals surface area contributed by atoms with Gasteiger partial charge in [0.1, 0.15) is 23.7 Å². The monoisotopic (exact) mass is 912 g/mol. The van der Waals surface area contributed by atoms with Crippen molar-refractivity contribution in [2.45, 2.75) is 192 Å². The van der Waals surface area contributed by atoms with Gasteiger partial charge in [0.2, 0.25) is 5.91 Å². The van der Waals surface area contributed by atoms with Gasteiger partial charge in [-0.15, -0.1) is 0 Å². The van der Waals surface area contributed by atoms with E-state index in [2.05, 4.69) is 38.2 Å². The largest absolute Gasteiger partial charge is 0.462 e. The van der Waals surface area contributed by atoms with E-state index >= 15 is 0 Å². The van der Waals surface area contributed by atoms with Gasteiger partial charge in [0, 0.05) is 58.7 Å². The van der Waals surface area contributed by atoms with Crippen molar-refractivity contribution >= 4 is 17.7 Å². The molecule has 4 saturated heterocycles. The first-order valence-electron chi connectivity index (χ1n) is 23.7. The SMILES string of the molecule is CC[C@H](C)[C@H]1O[C@]2(C=C[C@@H]1C)C[C@@H]1C[C@@H](C/C=C(\C)[C@@H](O[C@H]3C[C@H](OC)[C@@H](O[C@H]4C[C@H](OC)[C@H](NC(C)=O)[C@H](C)O4)[C@H](C)O3)[C@@H](C)/C=C/C=C3\CO[C@@H]4C(=O)C(C)=C[C@@H](C(=O)O1)[C@]34O)O2. The predicted molar refractivity (Wildman–Crippen MR) is 238 cm³/mol. The normalized spacial score (nSPS) is 46.2. The first-order valence-corrected chi connectivity index (χ1v) is 23.7. The summed E-state index contributed by atoms with van der Waals surface area (Å²) in [4.78, 5) is 39.7. The van der Waals surface area contributed by atoms with Crippen LogP contribution in [0.5, 0.6) is 0 Å². The second-order valence-corrected chi connectivity index (χ2v) is 19.5. The molecule has 1 amide bonds. The second-order valence-electron chi connectivity index (χ2n) is 19.5. The van der Waals surface area contributed by atoms with E-state index in [9.17, 15) is 19.5 Å². The molecule has 0 saturated carbocycles. The number of carbonyl (C=O) groups is 3. The first-order chi connectivity index (χ1) is 30.9. The summed E-state index contributed by atoms with van der Waals surface area (Å²) >= 11 is 0. The third-order valence-corrected chi connectivity index (χ3v) is 14.7. The summed E-state index contributed by atoms with van der Waals surface area (Å²) in [6.07, 6.45) is 9.98. The molecule has 19 atom stereocenters. The number of aliphatic hydroxyl groups is 1. The average molecular weight is 912 g/mol. The Labute approximate surface area is 384 Å². The van der Waals surface area contributed by atoms with Crippen LogP contribution in [0.4, 0.5) is 0 Å². The topological polar surface area (TPSA) is 176 Å². The Morgan fingerprint density at radius 1 is 0.938 bits per heavy atom. The van der Waals surface area contributed by atoms with Gasteiger partial charge in [-0.05, 0) is 62.8 Å². The molecule has 7 rings (SSSR count). The molecule has 0 radical (unpaired) electrons. The lowest BCUT2D eigenvalue weighted by atomic mass is 9.71. The molecule has 65 heavy (non-hydrogen) atoms. The highest BCUT2D eigenvalue weighted by molar-refractivity contribution is 6.03. The van der Waals surface area contributed by atoms with Crippen molar-refractivity contribution < 1.29 is 66.9 Å². The zero-order chi connectivity index (χ0) is 47.0. The van der Waals surface area contributed by atoms with Crippen LogP contribution in [0, 0.1) is 23.7 Å². The summed E-state index contributed by atoms with van der Waals surface area (Å²) in [6, 6.07) is -0.318. The Morgan fingerprint density at radius 3 is 2.35 bits per heavy atom. The molecule has 15 heteroatoms. The number of hydrogen-bond acceptors (Lipinski definition) is 14. The van der Waals surface area contributed by atoms with Crippen LogP contribution in [0.1, 0.15) is 101 Å². The number of amides is 1. The Bertz CT molecular complexity index is 1890. The number of allylic oxidation sites excluding steroid dienone is 2. The zero-order valence-corrected chi connectivity index (χ0v) is 40.1. The number of Topliss-reactive ketones (excluding diaryl/α,β-unsaturated/α-hetero) is 1. The van der Waals surface area contributed by atoms with Gasteiger partial charge in [0.15, 0.2) is 30.3 Å². The van der Waals surface area contributed by atoms with Gasteiger partial charge in [0.25, 0.3) is 0 Å². The summed E-state index contributed by atoms with van der Waals surface area (Å²) < 4.78 is 64.2. The molecule has 15 nitrogen and oxygen atoms in total. The van der Waals surface area contributed by atoms with E-state index < -0.39 is 78.6 Å². The summed E-state index contributed by atoms with van der Waals surface area (Å²) in [5, 5.41) is 15.4. The molecule has 362 valence electrons. The van der Waals surface area contributed by atoms with Crippen LogP contribution in [0.2, 0.25) is 0 Å². The van der Waals surface area contributed by atoms with Crippen LogP contribution in [-0.2, 0) is 61.8 Å². The molecule has 1 aliphatic carbocycles. The number of nitrogens with one attached hydrogen (secondary N) is 1. The summed E-state index contributed by atoms with van der Waals surface area (Å²) in [7, 11) is 3.26. The minimum Gasteiger partial charge on any atom is -0.462 e. The van der Waals surface area contributed by atoms with Crippen molar-refractivity contribution in [2.24, 2.45) is 23.7 Å². The highest BCUT2D eigenvalue weighted by atomic mass is 16.7. The standard InChI is InChI=1S/C50H73NO14/c1-12-26(2)45-29(5)18-19-49(65-45)24-36-21-35(64-49)17-16-28(4)44(27(3)14-13-15-34-25-58-47-43(53)30(6)20-37(48(54)61-36)50(34,47)55)62-41-23-39(57-11)46(32(8)60-41)63-40-22-38(56-10)42(31(7)59-40)51-33(9)52/h13-16,18-20,26-27,29,31-32,35-42,44-47,55H,12,17,21-25H2,1-11H3,(H,51,52)/b14-13+,28-16+,34-15+/t26-,27-,29-,31-,32-,35+,36-,37-,38-,39-,40-,41-,42+,44-,45+,46-,47+,49+,50+/m0/s1. The molecule has 2 N–H and O–H groups in total. The van der Waals surface area contributed by atoms with Crippen molar-refractivity contribution in [2.75, 3.05) is 20.8 Å². The number of carbonyl (C=O) groups excluding carboxylic acids is 3. The summed E-state index contributed by atoms with van der Waals surface area (Å²) in [5.74, 6) is -3.27. The number of methoxy groups -OCH3 is 2. The number of hydrogen-bond donors (Lipinski definition) is 2. The smallest absolute Gasteiger partial charge is 0.316 e. The Balaban J connectivity index is 1.16. The van der Waals surface area contributed by atoms with Crippen LogP contribution in [0.15, 0.2) is 59.3 Å². The quantitative estimate of drug-likeness (QED) is 0.212. The van der Waals surface area contributed by atoms with E-state index in [-0.39, 0.29) is 66.8 Å². The number of fused-ring (bicyclic) bond motifs is 2. The van der Waals surface area contributed by atoms with Gasteiger partial charge in [0.05, 0.1) is 55.4 Å². The maximum atomic E-state index is 14.3. The summed E-state index contributed by atoms with van der Waals surface area (Å²) in [6.45, 7) is 17.4.